The molecule has 1 aromatic carbocycles. The van der Waals surface area contributed by atoms with Crippen LogP contribution in [0.3, 0.4) is 0 Å². The van der Waals surface area contributed by atoms with Gasteiger partial charge in [-0.3, -0.25) is 0 Å². The number of hydrogen-bond acceptors (Lipinski definition) is 1. The Balaban J connectivity index is 2.33. The van der Waals surface area contributed by atoms with Crippen LogP contribution in [0.15, 0.2) is 42.5 Å². The number of rotatable bonds is 6. The summed E-state index contributed by atoms with van der Waals surface area (Å²) in [4.78, 5) is 0. The predicted octanol–water partition coefficient (Wildman–Crippen LogP) is 3.58. The summed E-state index contributed by atoms with van der Waals surface area (Å²) < 4.78 is 0. The fourth-order valence-corrected chi connectivity index (χ4v) is 1.67. The van der Waals surface area contributed by atoms with E-state index in [9.17, 15) is 0 Å². The van der Waals surface area contributed by atoms with E-state index in [0.717, 1.165) is 19.3 Å². The Bertz CT molecular complexity index is 311. The second kappa shape index (κ2) is 6.49. The van der Waals surface area contributed by atoms with Crippen molar-refractivity contribution in [2.24, 2.45) is 5.41 Å². The quantitative estimate of drug-likeness (QED) is 0.723. The molecule has 0 unspecified atom stereocenters. The smallest absolute Gasteiger partial charge is 0.0439 e. The molecule has 0 aliphatic carbocycles. The summed E-state index contributed by atoms with van der Waals surface area (Å²) in [5.74, 6) is 0. The van der Waals surface area contributed by atoms with Crippen molar-refractivity contribution in [3.8, 4) is 0 Å². The van der Waals surface area contributed by atoms with E-state index < -0.39 is 0 Å². The third-order valence-corrected chi connectivity index (χ3v) is 2.77. The first-order chi connectivity index (χ1) is 7.64. The van der Waals surface area contributed by atoms with Gasteiger partial charge in [-0.15, -0.1) is 0 Å². The van der Waals surface area contributed by atoms with Crippen molar-refractivity contribution < 1.29 is 5.11 Å². The molecule has 0 fully saturated rings. The van der Waals surface area contributed by atoms with Crippen LogP contribution in [0, 0.1) is 5.41 Å². The van der Waals surface area contributed by atoms with E-state index in [1.807, 2.05) is 6.07 Å². The van der Waals surface area contributed by atoms with E-state index in [1.54, 1.807) is 0 Å². The number of hydrogen-bond donors (Lipinski definition) is 1. The van der Waals surface area contributed by atoms with Crippen molar-refractivity contribution in [1.82, 2.24) is 0 Å². The molecule has 1 rings (SSSR count). The van der Waals surface area contributed by atoms with E-state index in [0.29, 0.717) is 0 Å². The lowest BCUT2D eigenvalue weighted by Crippen LogP contribution is -2.09. The SMILES string of the molecule is CC(C)(/C=C/CCc1ccccc1)CCO. The molecule has 0 radical (unpaired) electrons. The Morgan fingerprint density at radius 3 is 2.50 bits per heavy atom. The van der Waals surface area contributed by atoms with E-state index in [2.05, 4.69) is 50.3 Å². The number of aliphatic hydroxyl groups is 1. The van der Waals surface area contributed by atoms with Crippen molar-refractivity contribution in [3.05, 3.63) is 48.0 Å². The van der Waals surface area contributed by atoms with E-state index in [1.165, 1.54) is 5.56 Å². The standard InChI is InChI=1S/C15H22O/c1-15(2,12-13-16)11-7-6-10-14-8-4-3-5-9-14/h3-5,7-9,11,16H,6,10,12-13H2,1-2H3/b11-7+. The molecule has 0 atom stereocenters. The highest BCUT2D eigenvalue weighted by Crippen LogP contribution is 2.21. The summed E-state index contributed by atoms with van der Waals surface area (Å²) in [6, 6.07) is 10.5. The van der Waals surface area contributed by atoms with Gasteiger partial charge >= 0.3 is 0 Å². The van der Waals surface area contributed by atoms with Crippen LogP contribution in [0.5, 0.6) is 0 Å². The minimum atomic E-state index is 0.117. The normalized spacial score (nSPS) is 12.2. The fourth-order valence-electron chi connectivity index (χ4n) is 1.67. The maximum absolute atomic E-state index is 8.90. The lowest BCUT2D eigenvalue weighted by atomic mass is 9.89. The van der Waals surface area contributed by atoms with Crippen LogP contribution in [0.4, 0.5) is 0 Å². The van der Waals surface area contributed by atoms with E-state index in [-0.39, 0.29) is 12.0 Å². The zero-order valence-electron chi connectivity index (χ0n) is 10.3. The first kappa shape index (κ1) is 13.0. The average Bonchev–Trinajstić information content (AvgIpc) is 2.26. The number of aryl methyl sites for hydroxylation is 1. The van der Waals surface area contributed by atoms with E-state index >= 15 is 0 Å². The molecule has 0 saturated carbocycles. The molecule has 0 saturated heterocycles. The van der Waals surface area contributed by atoms with E-state index in [4.69, 9.17) is 5.11 Å². The fraction of sp³-hybridized carbons (Fsp3) is 0.467. The summed E-state index contributed by atoms with van der Waals surface area (Å²) >= 11 is 0. The third-order valence-electron chi connectivity index (χ3n) is 2.77. The lowest BCUT2D eigenvalue weighted by molar-refractivity contribution is 0.241. The molecule has 1 N–H and O–H groups in total. The highest BCUT2D eigenvalue weighted by molar-refractivity contribution is 5.15. The maximum Gasteiger partial charge on any atom is 0.0439 e. The highest BCUT2D eigenvalue weighted by atomic mass is 16.3. The second-order valence-corrected chi connectivity index (χ2v) is 4.89. The molecular formula is C15H22O. The van der Waals surface area contributed by atoms with Gasteiger partial charge in [0.25, 0.3) is 0 Å². The molecule has 0 heterocycles. The van der Waals surface area contributed by atoms with Crippen LogP contribution in [-0.2, 0) is 6.42 Å². The summed E-state index contributed by atoms with van der Waals surface area (Å²) in [6.07, 6.45) is 7.43. The molecule has 1 nitrogen and oxygen atoms in total. The predicted molar refractivity (Wildman–Crippen MR) is 69.4 cm³/mol. The average molecular weight is 218 g/mol. The van der Waals surface area contributed by atoms with Gasteiger partial charge in [0.1, 0.15) is 0 Å². The maximum atomic E-state index is 8.90. The largest absolute Gasteiger partial charge is 0.396 e. The van der Waals surface area contributed by atoms with Gasteiger partial charge < -0.3 is 5.11 Å². The molecular weight excluding hydrogens is 196 g/mol. The molecule has 0 aliphatic heterocycles. The summed E-state index contributed by atoms with van der Waals surface area (Å²) in [5.41, 5.74) is 1.50. The zero-order valence-corrected chi connectivity index (χ0v) is 10.3. The van der Waals surface area contributed by atoms with Gasteiger partial charge in [-0.05, 0) is 30.2 Å². The van der Waals surface area contributed by atoms with Crippen LogP contribution in [0.25, 0.3) is 0 Å². The van der Waals surface area contributed by atoms with Crippen molar-refractivity contribution in [2.75, 3.05) is 6.61 Å². The molecule has 16 heavy (non-hydrogen) atoms. The van der Waals surface area contributed by atoms with Crippen LogP contribution in [0.2, 0.25) is 0 Å². The summed E-state index contributed by atoms with van der Waals surface area (Å²) in [7, 11) is 0. The van der Waals surface area contributed by atoms with Gasteiger partial charge in [-0.25, -0.2) is 0 Å². The van der Waals surface area contributed by atoms with Crippen molar-refractivity contribution in [1.29, 1.82) is 0 Å². The Hall–Kier alpha value is -1.08. The molecule has 0 amide bonds. The lowest BCUT2D eigenvalue weighted by Gasteiger charge is -2.18. The van der Waals surface area contributed by atoms with Crippen molar-refractivity contribution in [3.63, 3.8) is 0 Å². The number of allylic oxidation sites excluding steroid dienone is 2. The van der Waals surface area contributed by atoms with Gasteiger partial charge in [0.05, 0.1) is 0 Å². The Morgan fingerprint density at radius 2 is 1.88 bits per heavy atom. The number of aliphatic hydroxyl groups excluding tert-OH is 1. The topological polar surface area (TPSA) is 20.2 Å². The molecule has 0 bridgehead atoms. The van der Waals surface area contributed by atoms with Gasteiger partial charge in [0, 0.05) is 6.61 Å². The van der Waals surface area contributed by atoms with Crippen LogP contribution in [-0.4, -0.2) is 11.7 Å². The Labute approximate surface area is 98.8 Å². The van der Waals surface area contributed by atoms with Gasteiger partial charge in [-0.1, -0.05) is 56.3 Å². The molecule has 0 spiro atoms. The second-order valence-electron chi connectivity index (χ2n) is 4.89. The minimum Gasteiger partial charge on any atom is -0.396 e. The summed E-state index contributed by atoms with van der Waals surface area (Å²) in [5, 5.41) is 8.90. The van der Waals surface area contributed by atoms with Gasteiger partial charge in [-0.2, -0.15) is 0 Å². The third kappa shape index (κ3) is 5.13. The monoisotopic (exact) mass is 218 g/mol. The molecule has 1 aromatic rings. The van der Waals surface area contributed by atoms with Crippen LogP contribution in [0.1, 0.15) is 32.3 Å². The van der Waals surface area contributed by atoms with Gasteiger partial charge in [0.15, 0.2) is 0 Å². The van der Waals surface area contributed by atoms with Crippen molar-refractivity contribution in [2.45, 2.75) is 33.1 Å². The van der Waals surface area contributed by atoms with Crippen molar-refractivity contribution >= 4 is 0 Å². The van der Waals surface area contributed by atoms with Crippen LogP contribution >= 0.6 is 0 Å². The Kier molecular flexibility index (Phi) is 5.27. The Morgan fingerprint density at radius 1 is 1.19 bits per heavy atom. The molecule has 88 valence electrons. The first-order valence-corrected chi connectivity index (χ1v) is 5.96. The van der Waals surface area contributed by atoms with Gasteiger partial charge in [0.2, 0.25) is 0 Å². The minimum absolute atomic E-state index is 0.117. The highest BCUT2D eigenvalue weighted by Gasteiger charge is 2.11. The molecule has 1 heteroatoms. The first-order valence-electron chi connectivity index (χ1n) is 5.96. The summed E-state index contributed by atoms with van der Waals surface area (Å²) in [6.45, 7) is 4.57. The number of benzene rings is 1. The zero-order chi connectivity index (χ0) is 11.9. The van der Waals surface area contributed by atoms with Crippen LogP contribution < -0.4 is 0 Å². The molecule has 0 aliphatic rings. The molecule has 0 aromatic heterocycles.